The standard InChI is InChI=1S/C23H38N4O4/c1-6-30-23(28)27-19(11-16(2)3)14-26-22(24-5)25-13-18-8-7-17(4)12-21(18)31-20-9-10-29-15-20/h7-8,12,16,19-20H,6,9-11,13-15H2,1-5H3,(H,27,28)(H2,24,25,26). The van der Waals surface area contributed by atoms with Gasteiger partial charge in [-0.05, 0) is 37.8 Å². The summed E-state index contributed by atoms with van der Waals surface area (Å²) in [6.07, 6.45) is 1.45. The first-order valence-electron chi connectivity index (χ1n) is 11.1. The van der Waals surface area contributed by atoms with Gasteiger partial charge in [0, 0.05) is 38.2 Å². The molecule has 0 bridgehead atoms. The fourth-order valence-electron chi connectivity index (χ4n) is 3.42. The van der Waals surface area contributed by atoms with Gasteiger partial charge in [-0.2, -0.15) is 0 Å². The Bertz CT molecular complexity index is 718. The molecule has 174 valence electrons. The van der Waals surface area contributed by atoms with Gasteiger partial charge in [0.2, 0.25) is 0 Å². The zero-order valence-electron chi connectivity index (χ0n) is 19.5. The number of guanidine groups is 1. The van der Waals surface area contributed by atoms with Gasteiger partial charge in [-0.1, -0.05) is 26.0 Å². The maximum absolute atomic E-state index is 11.8. The molecule has 0 saturated carbocycles. The predicted molar refractivity (Wildman–Crippen MR) is 123 cm³/mol. The fourth-order valence-corrected chi connectivity index (χ4v) is 3.42. The van der Waals surface area contributed by atoms with Crippen LogP contribution in [0.2, 0.25) is 0 Å². The number of aliphatic imine (C=N–C) groups is 1. The summed E-state index contributed by atoms with van der Waals surface area (Å²) in [5, 5.41) is 9.57. The monoisotopic (exact) mass is 434 g/mol. The third-order valence-electron chi connectivity index (χ3n) is 4.94. The quantitative estimate of drug-likeness (QED) is 0.387. The Hall–Kier alpha value is -2.48. The Morgan fingerprint density at radius 2 is 2.13 bits per heavy atom. The number of benzene rings is 1. The maximum atomic E-state index is 11.8. The van der Waals surface area contributed by atoms with Gasteiger partial charge in [0.25, 0.3) is 0 Å². The Kier molecular flexibility index (Phi) is 10.4. The molecule has 1 aliphatic rings. The number of aryl methyl sites for hydroxylation is 1. The number of amides is 1. The number of alkyl carbamates (subject to hydrolysis) is 1. The number of hydrogen-bond donors (Lipinski definition) is 3. The van der Waals surface area contributed by atoms with Crippen LogP contribution < -0.4 is 20.7 Å². The van der Waals surface area contributed by atoms with Crippen LogP contribution in [-0.2, 0) is 16.0 Å². The normalized spacial score (nSPS) is 17.4. The number of nitrogens with one attached hydrogen (secondary N) is 3. The molecular weight excluding hydrogens is 396 g/mol. The lowest BCUT2D eigenvalue weighted by atomic mass is 10.0. The number of nitrogens with zero attached hydrogens (tertiary/aromatic N) is 1. The second kappa shape index (κ2) is 13.0. The second-order valence-electron chi connectivity index (χ2n) is 8.21. The van der Waals surface area contributed by atoms with Gasteiger partial charge < -0.3 is 30.2 Å². The van der Waals surface area contributed by atoms with Crippen molar-refractivity contribution in [1.82, 2.24) is 16.0 Å². The van der Waals surface area contributed by atoms with Crippen molar-refractivity contribution in [3.8, 4) is 5.75 Å². The molecule has 31 heavy (non-hydrogen) atoms. The minimum atomic E-state index is -0.393. The molecule has 2 atom stereocenters. The van der Waals surface area contributed by atoms with E-state index in [0.29, 0.717) is 38.2 Å². The first-order valence-corrected chi connectivity index (χ1v) is 11.1. The molecule has 1 aromatic rings. The van der Waals surface area contributed by atoms with Crippen LogP contribution >= 0.6 is 0 Å². The average Bonchev–Trinajstić information content (AvgIpc) is 3.22. The molecule has 2 rings (SSSR count). The number of carbonyl (C=O) groups excluding carboxylic acids is 1. The lowest BCUT2D eigenvalue weighted by molar-refractivity contribution is 0.140. The van der Waals surface area contributed by atoms with E-state index in [1.54, 1.807) is 14.0 Å². The fraction of sp³-hybridized carbons (Fsp3) is 0.652. The van der Waals surface area contributed by atoms with E-state index in [1.165, 1.54) is 0 Å². The molecule has 8 nitrogen and oxygen atoms in total. The molecule has 1 fully saturated rings. The molecule has 0 aromatic heterocycles. The Morgan fingerprint density at radius 3 is 2.77 bits per heavy atom. The molecule has 1 heterocycles. The summed E-state index contributed by atoms with van der Waals surface area (Å²) < 4.78 is 16.6. The van der Waals surface area contributed by atoms with Crippen molar-refractivity contribution in [2.45, 2.75) is 59.2 Å². The third-order valence-corrected chi connectivity index (χ3v) is 4.94. The molecule has 1 amide bonds. The highest BCUT2D eigenvalue weighted by Crippen LogP contribution is 2.23. The number of ether oxygens (including phenoxy) is 3. The highest BCUT2D eigenvalue weighted by atomic mass is 16.6. The van der Waals surface area contributed by atoms with E-state index in [1.807, 2.05) is 0 Å². The molecule has 1 aliphatic heterocycles. The molecule has 0 spiro atoms. The van der Waals surface area contributed by atoms with Crippen molar-refractivity contribution in [3.05, 3.63) is 29.3 Å². The van der Waals surface area contributed by atoms with E-state index in [4.69, 9.17) is 14.2 Å². The molecule has 1 aromatic carbocycles. The maximum Gasteiger partial charge on any atom is 0.407 e. The van der Waals surface area contributed by atoms with Gasteiger partial charge in [-0.3, -0.25) is 4.99 Å². The van der Waals surface area contributed by atoms with Crippen molar-refractivity contribution in [2.24, 2.45) is 10.9 Å². The summed E-state index contributed by atoms with van der Waals surface area (Å²) in [7, 11) is 1.73. The number of rotatable bonds is 10. The average molecular weight is 435 g/mol. The molecule has 1 saturated heterocycles. The van der Waals surface area contributed by atoms with E-state index in [-0.39, 0.29) is 12.1 Å². The lowest BCUT2D eigenvalue weighted by Crippen LogP contribution is -2.47. The van der Waals surface area contributed by atoms with Gasteiger partial charge in [-0.25, -0.2) is 4.79 Å². The van der Waals surface area contributed by atoms with Gasteiger partial charge >= 0.3 is 6.09 Å². The summed E-state index contributed by atoms with van der Waals surface area (Å²) in [5.74, 6) is 1.98. The van der Waals surface area contributed by atoms with Crippen LogP contribution in [0.1, 0.15) is 44.7 Å². The second-order valence-corrected chi connectivity index (χ2v) is 8.21. The molecular formula is C23H38N4O4. The molecule has 0 radical (unpaired) electrons. The van der Waals surface area contributed by atoms with Gasteiger partial charge in [-0.15, -0.1) is 0 Å². The predicted octanol–water partition coefficient (Wildman–Crippen LogP) is 2.99. The minimum Gasteiger partial charge on any atom is -0.488 e. The Morgan fingerprint density at radius 1 is 1.32 bits per heavy atom. The Balaban J connectivity index is 1.92. The van der Waals surface area contributed by atoms with Crippen LogP contribution in [0.25, 0.3) is 0 Å². The summed E-state index contributed by atoms with van der Waals surface area (Å²) in [4.78, 5) is 16.1. The number of hydrogen-bond acceptors (Lipinski definition) is 5. The zero-order chi connectivity index (χ0) is 22.6. The summed E-state index contributed by atoms with van der Waals surface area (Å²) >= 11 is 0. The first kappa shape index (κ1) is 24.8. The van der Waals surface area contributed by atoms with E-state index in [0.717, 1.165) is 36.3 Å². The van der Waals surface area contributed by atoms with Crippen LogP contribution in [0, 0.1) is 12.8 Å². The lowest BCUT2D eigenvalue weighted by Gasteiger charge is -2.22. The molecule has 8 heteroatoms. The number of carbonyl (C=O) groups is 1. The van der Waals surface area contributed by atoms with E-state index >= 15 is 0 Å². The van der Waals surface area contributed by atoms with Crippen molar-refractivity contribution >= 4 is 12.1 Å². The van der Waals surface area contributed by atoms with E-state index < -0.39 is 6.09 Å². The molecule has 2 unspecified atom stereocenters. The first-order chi connectivity index (χ1) is 14.9. The van der Waals surface area contributed by atoms with E-state index in [2.05, 4.69) is 59.9 Å². The van der Waals surface area contributed by atoms with Crippen molar-refractivity contribution in [1.29, 1.82) is 0 Å². The van der Waals surface area contributed by atoms with Crippen LogP contribution in [-0.4, -0.2) is 57.6 Å². The van der Waals surface area contributed by atoms with E-state index in [9.17, 15) is 4.79 Å². The summed E-state index contributed by atoms with van der Waals surface area (Å²) in [5.41, 5.74) is 2.21. The summed E-state index contributed by atoms with van der Waals surface area (Å²) in [6.45, 7) is 11.0. The zero-order valence-corrected chi connectivity index (χ0v) is 19.5. The third kappa shape index (κ3) is 9.04. The van der Waals surface area contributed by atoms with Crippen molar-refractivity contribution < 1.29 is 19.0 Å². The van der Waals surface area contributed by atoms with Crippen LogP contribution in [0.4, 0.5) is 4.79 Å². The van der Waals surface area contributed by atoms with Gasteiger partial charge in [0.1, 0.15) is 11.9 Å². The molecule has 0 aliphatic carbocycles. The largest absolute Gasteiger partial charge is 0.488 e. The van der Waals surface area contributed by atoms with Crippen LogP contribution in [0.5, 0.6) is 5.75 Å². The van der Waals surface area contributed by atoms with Crippen molar-refractivity contribution in [2.75, 3.05) is 33.4 Å². The smallest absolute Gasteiger partial charge is 0.407 e. The topological polar surface area (TPSA) is 93.2 Å². The van der Waals surface area contributed by atoms with Gasteiger partial charge in [0.05, 0.1) is 19.8 Å². The highest BCUT2D eigenvalue weighted by molar-refractivity contribution is 5.79. The molecule has 3 N–H and O–H groups in total. The van der Waals surface area contributed by atoms with Crippen LogP contribution in [0.15, 0.2) is 23.2 Å². The van der Waals surface area contributed by atoms with Crippen molar-refractivity contribution in [3.63, 3.8) is 0 Å². The van der Waals surface area contributed by atoms with Gasteiger partial charge in [0.15, 0.2) is 5.96 Å². The minimum absolute atomic E-state index is 0.0572. The summed E-state index contributed by atoms with van der Waals surface area (Å²) in [6, 6.07) is 6.16. The highest BCUT2D eigenvalue weighted by Gasteiger charge is 2.19. The van der Waals surface area contributed by atoms with Crippen LogP contribution in [0.3, 0.4) is 0 Å². The SMILES string of the molecule is CCOC(=O)NC(CNC(=NC)NCc1ccc(C)cc1OC1CCOC1)CC(C)C. The Labute approximate surface area is 186 Å².